The number of carbonyl (C=O) groups excluding carboxylic acids is 1. The average Bonchev–Trinajstić information content (AvgIpc) is 2.74. The lowest BCUT2D eigenvalue weighted by molar-refractivity contribution is -0.145. The van der Waals surface area contributed by atoms with E-state index in [1.54, 1.807) is 23.0 Å². The van der Waals surface area contributed by atoms with E-state index in [9.17, 15) is 14.0 Å². The van der Waals surface area contributed by atoms with Crippen LogP contribution < -0.4 is 5.56 Å². The fourth-order valence-corrected chi connectivity index (χ4v) is 4.93. The van der Waals surface area contributed by atoms with Gasteiger partial charge in [-0.2, -0.15) is 0 Å². The van der Waals surface area contributed by atoms with Crippen LogP contribution in [-0.4, -0.2) is 26.9 Å². The van der Waals surface area contributed by atoms with Crippen LogP contribution in [0.15, 0.2) is 35.4 Å². The summed E-state index contributed by atoms with van der Waals surface area (Å²) in [5.41, 5.74) is 1.86. The van der Waals surface area contributed by atoms with Gasteiger partial charge in [-0.25, -0.2) is 9.37 Å². The number of nitrogens with zero attached hydrogens (tertiary/aromatic N) is 3. The molecule has 1 aromatic carbocycles. The van der Waals surface area contributed by atoms with Crippen LogP contribution in [0.2, 0.25) is 0 Å². The van der Waals surface area contributed by atoms with Crippen LogP contribution >= 0.6 is 0 Å². The molecule has 1 fully saturated rings. The van der Waals surface area contributed by atoms with Gasteiger partial charge in [0, 0.05) is 18.7 Å². The molecule has 6 heteroatoms. The lowest BCUT2D eigenvalue weighted by Crippen LogP contribution is -2.49. The van der Waals surface area contributed by atoms with Crippen molar-refractivity contribution in [3.8, 4) is 0 Å². The summed E-state index contributed by atoms with van der Waals surface area (Å²) in [4.78, 5) is 32.6. The molecule has 1 aromatic heterocycles. The number of amides is 1. The SMILES string of the molecule is CCn1cnc2c(c1=O)CCN(C(=O)C1(Cc3cccc(F)c3)CCCCC1)C2. The van der Waals surface area contributed by atoms with Crippen molar-refractivity contribution in [3.63, 3.8) is 0 Å². The molecule has 0 radical (unpaired) electrons. The topological polar surface area (TPSA) is 55.2 Å². The van der Waals surface area contributed by atoms with Gasteiger partial charge >= 0.3 is 0 Å². The van der Waals surface area contributed by atoms with Gasteiger partial charge in [-0.05, 0) is 50.3 Å². The summed E-state index contributed by atoms with van der Waals surface area (Å²) in [5.74, 6) is -0.127. The molecule has 1 saturated carbocycles. The smallest absolute Gasteiger partial charge is 0.256 e. The minimum absolute atomic E-state index is 0.0109. The molecule has 0 saturated heterocycles. The number of aryl methyl sites for hydroxylation is 1. The molecule has 4 rings (SSSR count). The minimum atomic E-state index is -0.484. The number of hydrogen-bond donors (Lipinski definition) is 0. The Labute approximate surface area is 170 Å². The summed E-state index contributed by atoms with van der Waals surface area (Å²) in [6, 6.07) is 6.61. The maximum absolute atomic E-state index is 13.7. The number of hydrogen-bond acceptors (Lipinski definition) is 3. The molecular formula is C23H28FN3O2. The molecule has 0 N–H and O–H groups in total. The Morgan fingerprint density at radius 1 is 1.24 bits per heavy atom. The summed E-state index contributed by atoms with van der Waals surface area (Å²) in [6.07, 6.45) is 7.53. The van der Waals surface area contributed by atoms with Crippen molar-refractivity contribution in [2.24, 2.45) is 5.41 Å². The van der Waals surface area contributed by atoms with Crippen molar-refractivity contribution < 1.29 is 9.18 Å². The highest BCUT2D eigenvalue weighted by Crippen LogP contribution is 2.41. The minimum Gasteiger partial charge on any atom is -0.336 e. The average molecular weight is 397 g/mol. The number of aromatic nitrogens is 2. The molecule has 0 atom stereocenters. The molecule has 5 nitrogen and oxygen atoms in total. The second-order valence-electron chi connectivity index (χ2n) is 8.39. The number of carbonyl (C=O) groups is 1. The van der Waals surface area contributed by atoms with Gasteiger partial charge in [0.25, 0.3) is 5.56 Å². The van der Waals surface area contributed by atoms with Gasteiger partial charge in [-0.15, -0.1) is 0 Å². The molecule has 1 aliphatic heterocycles. The van der Waals surface area contributed by atoms with Crippen LogP contribution in [0.1, 0.15) is 55.8 Å². The molecule has 29 heavy (non-hydrogen) atoms. The predicted octanol–water partition coefficient (Wildman–Crippen LogP) is 3.48. The van der Waals surface area contributed by atoms with Crippen molar-refractivity contribution in [1.29, 1.82) is 0 Å². The predicted molar refractivity (Wildman–Crippen MR) is 109 cm³/mol. The lowest BCUT2D eigenvalue weighted by atomic mass is 9.69. The number of benzene rings is 1. The summed E-state index contributed by atoms with van der Waals surface area (Å²) >= 11 is 0. The summed E-state index contributed by atoms with van der Waals surface area (Å²) < 4.78 is 15.3. The van der Waals surface area contributed by atoms with Crippen LogP contribution in [-0.2, 0) is 30.7 Å². The number of halogens is 1. The van der Waals surface area contributed by atoms with E-state index in [1.165, 1.54) is 6.07 Å². The molecule has 1 amide bonds. The first-order valence-electron chi connectivity index (χ1n) is 10.6. The Balaban J connectivity index is 1.60. The first-order valence-corrected chi connectivity index (χ1v) is 10.6. The van der Waals surface area contributed by atoms with E-state index in [0.717, 1.165) is 48.9 Å². The van der Waals surface area contributed by atoms with Gasteiger partial charge in [0.05, 0.1) is 24.0 Å². The van der Waals surface area contributed by atoms with Crippen LogP contribution in [0.5, 0.6) is 0 Å². The van der Waals surface area contributed by atoms with Gasteiger partial charge in [0.15, 0.2) is 0 Å². The third-order valence-corrected chi connectivity index (χ3v) is 6.52. The molecule has 2 aromatic rings. The highest BCUT2D eigenvalue weighted by molar-refractivity contribution is 5.83. The zero-order chi connectivity index (χ0) is 20.4. The van der Waals surface area contributed by atoms with E-state index in [2.05, 4.69) is 4.98 Å². The molecule has 0 bridgehead atoms. The first kappa shape index (κ1) is 19.8. The van der Waals surface area contributed by atoms with Crippen LogP contribution in [0, 0.1) is 11.2 Å². The Kier molecular flexibility index (Phi) is 5.52. The Bertz CT molecular complexity index is 963. The van der Waals surface area contributed by atoms with E-state index in [1.807, 2.05) is 17.9 Å². The van der Waals surface area contributed by atoms with E-state index in [0.29, 0.717) is 32.5 Å². The monoisotopic (exact) mass is 397 g/mol. The van der Waals surface area contributed by atoms with E-state index < -0.39 is 5.41 Å². The Morgan fingerprint density at radius 3 is 2.76 bits per heavy atom. The summed E-state index contributed by atoms with van der Waals surface area (Å²) in [5, 5.41) is 0. The van der Waals surface area contributed by atoms with Crippen LogP contribution in [0.25, 0.3) is 0 Å². The van der Waals surface area contributed by atoms with Gasteiger partial charge in [-0.1, -0.05) is 31.4 Å². The van der Waals surface area contributed by atoms with Crippen molar-refractivity contribution in [2.45, 2.75) is 65.0 Å². The van der Waals surface area contributed by atoms with Crippen LogP contribution in [0.3, 0.4) is 0 Å². The zero-order valence-corrected chi connectivity index (χ0v) is 17.0. The molecule has 0 spiro atoms. The molecule has 2 aliphatic rings. The fraction of sp³-hybridized carbons (Fsp3) is 0.522. The third kappa shape index (κ3) is 3.85. The van der Waals surface area contributed by atoms with E-state index >= 15 is 0 Å². The molecule has 0 unspecified atom stereocenters. The van der Waals surface area contributed by atoms with Crippen LogP contribution in [0.4, 0.5) is 4.39 Å². The third-order valence-electron chi connectivity index (χ3n) is 6.52. The van der Waals surface area contributed by atoms with Crippen molar-refractivity contribution >= 4 is 5.91 Å². The standard InChI is InChI=1S/C23H28FN3O2/c1-2-26-16-25-20-15-27(12-9-19(20)21(26)28)22(29)23(10-4-3-5-11-23)14-17-7-6-8-18(24)13-17/h6-8,13,16H,2-5,9-12,14-15H2,1H3. The first-order chi connectivity index (χ1) is 14.0. The van der Waals surface area contributed by atoms with Crippen molar-refractivity contribution in [1.82, 2.24) is 14.5 Å². The lowest BCUT2D eigenvalue weighted by Gasteiger charge is -2.41. The maximum Gasteiger partial charge on any atom is 0.256 e. The molecule has 2 heterocycles. The number of fused-ring (bicyclic) bond motifs is 1. The van der Waals surface area contributed by atoms with Gasteiger partial charge in [0.2, 0.25) is 5.91 Å². The molecule has 154 valence electrons. The Hall–Kier alpha value is -2.50. The fourth-order valence-electron chi connectivity index (χ4n) is 4.93. The number of rotatable bonds is 4. The maximum atomic E-state index is 13.7. The summed E-state index contributed by atoms with van der Waals surface area (Å²) in [7, 11) is 0. The van der Waals surface area contributed by atoms with Gasteiger partial charge < -0.3 is 4.90 Å². The van der Waals surface area contributed by atoms with Gasteiger partial charge in [0.1, 0.15) is 5.82 Å². The molecular weight excluding hydrogens is 369 g/mol. The largest absolute Gasteiger partial charge is 0.336 e. The van der Waals surface area contributed by atoms with Gasteiger partial charge in [-0.3, -0.25) is 14.2 Å². The second kappa shape index (κ2) is 8.09. The summed E-state index contributed by atoms with van der Waals surface area (Å²) in [6.45, 7) is 3.45. The highest BCUT2D eigenvalue weighted by atomic mass is 19.1. The van der Waals surface area contributed by atoms with Crippen molar-refractivity contribution in [3.05, 3.63) is 63.6 Å². The zero-order valence-electron chi connectivity index (χ0n) is 17.0. The quantitative estimate of drug-likeness (QED) is 0.794. The normalized spacial score (nSPS) is 18.3. The van der Waals surface area contributed by atoms with E-state index in [-0.39, 0.29) is 17.3 Å². The second-order valence-corrected chi connectivity index (χ2v) is 8.39. The molecule has 1 aliphatic carbocycles. The Morgan fingerprint density at radius 2 is 2.03 bits per heavy atom. The highest BCUT2D eigenvalue weighted by Gasteiger charge is 2.43. The van der Waals surface area contributed by atoms with E-state index in [4.69, 9.17) is 0 Å². The van der Waals surface area contributed by atoms with Crippen molar-refractivity contribution in [2.75, 3.05) is 6.54 Å².